The zero-order valence-electron chi connectivity index (χ0n) is 18.2. The number of carbonyl (C=O) groups excluding carboxylic acids is 1. The summed E-state index contributed by atoms with van der Waals surface area (Å²) in [6, 6.07) is 13.5. The first-order valence-corrected chi connectivity index (χ1v) is 11.7. The molecule has 29 heavy (non-hydrogen) atoms. The molecule has 0 radical (unpaired) electrons. The Morgan fingerprint density at radius 2 is 1.59 bits per heavy atom. The molecule has 0 fully saturated rings. The lowest BCUT2D eigenvalue weighted by Crippen LogP contribution is -2.42. The van der Waals surface area contributed by atoms with Crippen LogP contribution in [-0.4, -0.2) is 27.1 Å². The number of amides is 1. The van der Waals surface area contributed by atoms with Crippen LogP contribution in [0.4, 0.5) is 5.69 Å². The van der Waals surface area contributed by atoms with E-state index in [9.17, 15) is 13.2 Å². The third-order valence-corrected chi connectivity index (χ3v) is 5.93. The van der Waals surface area contributed by atoms with Crippen LogP contribution in [0, 0.1) is 26.7 Å². The molecule has 0 unspecified atom stereocenters. The Kier molecular flexibility index (Phi) is 7.47. The summed E-state index contributed by atoms with van der Waals surface area (Å²) >= 11 is 0. The van der Waals surface area contributed by atoms with Crippen molar-refractivity contribution in [2.75, 3.05) is 17.1 Å². The van der Waals surface area contributed by atoms with Crippen LogP contribution >= 0.6 is 0 Å². The van der Waals surface area contributed by atoms with E-state index in [1.807, 2.05) is 63.2 Å². The third-order valence-electron chi connectivity index (χ3n) is 4.82. The van der Waals surface area contributed by atoms with Gasteiger partial charge in [0.2, 0.25) is 15.9 Å². The van der Waals surface area contributed by atoms with Gasteiger partial charge in [0.05, 0.1) is 18.0 Å². The van der Waals surface area contributed by atoms with E-state index in [1.165, 1.54) is 4.31 Å². The lowest BCUT2D eigenvalue weighted by molar-refractivity contribution is -0.120. The fraction of sp³-hybridized carbons (Fsp3) is 0.435. The first-order chi connectivity index (χ1) is 13.5. The molecular weight excluding hydrogens is 384 g/mol. The van der Waals surface area contributed by atoms with Gasteiger partial charge in [0.15, 0.2) is 0 Å². The van der Waals surface area contributed by atoms with E-state index in [0.29, 0.717) is 11.6 Å². The standard InChI is InChI=1S/C23H32N2O3S/c1-16(2)12-21(20-10-8-7-9-11-20)24-22(26)15-25(29(6,27)28)23-18(4)13-17(3)14-19(23)5/h7-11,13-14,16,21H,12,15H2,1-6H3,(H,24,26)/t21-/m0/s1. The monoisotopic (exact) mass is 416 g/mol. The highest BCUT2D eigenvalue weighted by Gasteiger charge is 2.25. The Balaban J connectivity index is 2.31. The highest BCUT2D eigenvalue weighted by Crippen LogP contribution is 2.28. The Labute approximate surface area is 175 Å². The molecule has 2 rings (SSSR count). The molecule has 5 nitrogen and oxygen atoms in total. The molecule has 0 heterocycles. The fourth-order valence-electron chi connectivity index (χ4n) is 3.73. The summed E-state index contributed by atoms with van der Waals surface area (Å²) in [5.74, 6) is 0.0670. The highest BCUT2D eigenvalue weighted by atomic mass is 32.2. The smallest absolute Gasteiger partial charge is 0.241 e. The number of benzene rings is 2. The number of hydrogen-bond donors (Lipinski definition) is 1. The number of sulfonamides is 1. The number of carbonyl (C=O) groups is 1. The molecule has 1 N–H and O–H groups in total. The van der Waals surface area contributed by atoms with Crippen LogP contribution in [0.15, 0.2) is 42.5 Å². The van der Waals surface area contributed by atoms with Crippen LogP contribution in [-0.2, 0) is 14.8 Å². The van der Waals surface area contributed by atoms with Crippen molar-refractivity contribution in [3.63, 3.8) is 0 Å². The van der Waals surface area contributed by atoms with E-state index >= 15 is 0 Å². The van der Waals surface area contributed by atoms with Crippen LogP contribution in [0.1, 0.15) is 48.6 Å². The number of anilines is 1. The van der Waals surface area contributed by atoms with Gasteiger partial charge in [-0.05, 0) is 49.8 Å². The van der Waals surface area contributed by atoms with Gasteiger partial charge >= 0.3 is 0 Å². The number of rotatable bonds is 8. The Morgan fingerprint density at radius 3 is 2.07 bits per heavy atom. The van der Waals surface area contributed by atoms with Gasteiger partial charge in [-0.1, -0.05) is 61.9 Å². The molecule has 0 aromatic heterocycles. The Bertz CT molecular complexity index is 930. The van der Waals surface area contributed by atoms with E-state index in [2.05, 4.69) is 19.2 Å². The maximum absolute atomic E-state index is 12.9. The number of nitrogens with one attached hydrogen (secondary N) is 1. The molecule has 0 saturated heterocycles. The molecule has 158 valence electrons. The van der Waals surface area contributed by atoms with Crippen molar-refractivity contribution >= 4 is 21.6 Å². The molecular formula is C23H32N2O3S. The van der Waals surface area contributed by atoms with Crippen molar-refractivity contribution in [3.05, 3.63) is 64.7 Å². The summed E-state index contributed by atoms with van der Waals surface area (Å²) in [6.45, 7) is 9.67. The fourth-order valence-corrected chi connectivity index (χ4v) is 4.70. The van der Waals surface area contributed by atoms with Crippen molar-refractivity contribution in [3.8, 4) is 0 Å². The van der Waals surface area contributed by atoms with Gasteiger partial charge in [-0.2, -0.15) is 0 Å². The van der Waals surface area contributed by atoms with Crippen molar-refractivity contribution in [2.24, 2.45) is 5.92 Å². The zero-order valence-corrected chi connectivity index (χ0v) is 19.0. The molecule has 0 aliphatic carbocycles. The summed E-state index contributed by atoms with van der Waals surface area (Å²) in [6.07, 6.45) is 1.92. The quantitative estimate of drug-likeness (QED) is 0.698. The van der Waals surface area contributed by atoms with Crippen molar-refractivity contribution in [1.82, 2.24) is 5.32 Å². The number of hydrogen-bond acceptors (Lipinski definition) is 3. The summed E-state index contributed by atoms with van der Waals surface area (Å²) in [7, 11) is -3.62. The van der Waals surface area contributed by atoms with Gasteiger partial charge in [-0.3, -0.25) is 9.10 Å². The largest absolute Gasteiger partial charge is 0.348 e. The minimum absolute atomic E-state index is 0.162. The molecule has 0 bridgehead atoms. The van der Waals surface area contributed by atoms with E-state index in [-0.39, 0.29) is 18.5 Å². The van der Waals surface area contributed by atoms with E-state index in [1.54, 1.807) is 0 Å². The predicted octanol–water partition coefficient (Wildman–Crippen LogP) is 4.28. The first-order valence-electron chi connectivity index (χ1n) is 9.89. The van der Waals surface area contributed by atoms with Crippen LogP contribution in [0.5, 0.6) is 0 Å². The maximum atomic E-state index is 12.9. The second kappa shape index (κ2) is 9.44. The number of nitrogens with zero attached hydrogens (tertiary/aromatic N) is 1. The average molecular weight is 417 g/mol. The van der Waals surface area contributed by atoms with Crippen LogP contribution in [0.3, 0.4) is 0 Å². The van der Waals surface area contributed by atoms with Crippen molar-refractivity contribution in [1.29, 1.82) is 0 Å². The summed E-state index contributed by atoms with van der Waals surface area (Å²) in [4.78, 5) is 12.9. The van der Waals surface area contributed by atoms with Gasteiger partial charge in [0.25, 0.3) is 0 Å². The molecule has 0 saturated carbocycles. The SMILES string of the molecule is Cc1cc(C)c(N(CC(=O)N[C@@H](CC(C)C)c2ccccc2)S(C)(=O)=O)c(C)c1. The summed E-state index contributed by atoms with van der Waals surface area (Å²) in [5, 5.41) is 3.04. The lowest BCUT2D eigenvalue weighted by atomic mass is 9.97. The molecule has 0 aliphatic rings. The van der Waals surface area contributed by atoms with Gasteiger partial charge in [-0.25, -0.2) is 8.42 Å². The van der Waals surface area contributed by atoms with Crippen molar-refractivity contribution in [2.45, 2.75) is 47.1 Å². The van der Waals surface area contributed by atoms with E-state index in [0.717, 1.165) is 34.9 Å². The van der Waals surface area contributed by atoms with Crippen LogP contribution in [0.25, 0.3) is 0 Å². The minimum Gasteiger partial charge on any atom is -0.348 e. The second-order valence-electron chi connectivity index (χ2n) is 8.18. The normalized spacial score (nSPS) is 12.7. The van der Waals surface area contributed by atoms with Crippen LogP contribution < -0.4 is 9.62 Å². The van der Waals surface area contributed by atoms with E-state index < -0.39 is 10.0 Å². The lowest BCUT2D eigenvalue weighted by Gasteiger charge is -2.27. The Hall–Kier alpha value is -2.34. The van der Waals surface area contributed by atoms with Gasteiger partial charge < -0.3 is 5.32 Å². The first kappa shape index (κ1) is 22.9. The summed E-state index contributed by atoms with van der Waals surface area (Å²) < 4.78 is 26.3. The molecule has 0 aliphatic heterocycles. The minimum atomic E-state index is -3.62. The molecule has 0 spiro atoms. The summed E-state index contributed by atoms with van der Waals surface area (Å²) in [5.41, 5.74) is 4.32. The van der Waals surface area contributed by atoms with Gasteiger partial charge in [0.1, 0.15) is 6.54 Å². The molecule has 1 atom stereocenters. The molecule has 6 heteroatoms. The molecule has 1 amide bonds. The second-order valence-corrected chi connectivity index (χ2v) is 10.1. The van der Waals surface area contributed by atoms with Gasteiger partial charge in [0, 0.05) is 0 Å². The van der Waals surface area contributed by atoms with Crippen molar-refractivity contribution < 1.29 is 13.2 Å². The maximum Gasteiger partial charge on any atom is 0.241 e. The predicted molar refractivity (Wildman–Crippen MR) is 120 cm³/mol. The number of aryl methyl sites for hydroxylation is 3. The Morgan fingerprint density at radius 1 is 1.03 bits per heavy atom. The molecule has 2 aromatic rings. The van der Waals surface area contributed by atoms with Gasteiger partial charge in [-0.15, -0.1) is 0 Å². The zero-order chi connectivity index (χ0) is 21.8. The van der Waals surface area contributed by atoms with E-state index in [4.69, 9.17) is 0 Å². The van der Waals surface area contributed by atoms with Crippen LogP contribution in [0.2, 0.25) is 0 Å². The topological polar surface area (TPSA) is 66.5 Å². The molecule has 2 aromatic carbocycles. The third kappa shape index (κ3) is 6.32. The average Bonchev–Trinajstić information content (AvgIpc) is 2.59. The highest BCUT2D eigenvalue weighted by molar-refractivity contribution is 7.92.